The smallest absolute Gasteiger partial charge is 0.125 e. The van der Waals surface area contributed by atoms with Gasteiger partial charge < -0.3 is 19.0 Å². The lowest BCUT2D eigenvalue weighted by Crippen LogP contribution is -2.04. The maximum absolute atomic E-state index is 6.02. The summed E-state index contributed by atoms with van der Waals surface area (Å²) in [5.74, 6) is 1.83. The van der Waals surface area contributed by atoms with Gasteiger partial charge in [-0.2, -0.15) is 0 Å². The van der Waals surface area contributed by atoms with Crippen LogP contribution in [-0.4, -0.2) is 32.6 Å². The molecule has 0 bridgehead atoms. The molecule has 0 spiro atoms. The molecule has 0 N–H and O–H groups in total. The maximum Gasteiger partial charge on any atom is 0.125 e. The molecule has 0 saturated carbocycles. The second kappa shape index (κ2) is 13.5. The Morgan fingerprint density at radius 1 is 0.968 bits per heavy atom. The highest BCUT2D eigenvalue weighted by Gasteiger charge is 2.07. The van der Waals surface area contributed by atoms with Gasteiger partial charge in [0.25, 0.3) is 0 Å². The first-order chi connectivity index (χ1) is 15.0. The first-order valence-corrected chi connectivity index (χ1v) is 10.8. The molecule has 0 radical (unpaired) electrons. The van der Waals surface area contributed by atoms with E-state index in [9.17, 15) is 0 Å². The van der Waals surface area contributed by atoms with Gasteiger partial charge in [-0.05, 0) is 74.9 Å². The molecule has 2 aromatic carbocycles. The molecular formula is C26H35NO4. The lowest BCUT2D eigenvalue weighted by atomic mass is 10.1. The number of allylic oxidation sites excluding steroid dienone is 1. The number of rotatable bonds is 13. The number of nitrogens with zero attached hydrogens (tertiary/aromatic N) is 1. The van der Waals surface area contributed by atoms with Crippen LogP contribution in [0.3, 0.4) is 0 Å². The molecule has 0 heterocycles. The van der Waals surface area contributed by atoms with Crippen molar-refractivity contribution < 1.29 is 19.0 Å². The van der Waals surface area contributed by atoms with Gasteiger partial charge in [0.05, 0.1) is 18.9 Å². The quantitative estimate of drug-likeness (QED) is 0.171. The van der Waals surface area contributed by atoms with E-state index in [1.54, 1.807) is 7.11 Å². The highest BCUT2D eigenvalue weighted by molar-refractivity contribution is 5.98. The summed E-state index contributed by atoms with van der Waals surface area (Å²) in [6.07, 6.45) is 5.88. The Hall–Kier alpha value is -2.79. The van der Waals surface area contributed by atoms with Crippen molar-refractivity contribution in [3.05, 3.63) is 70.8 Å². The highest BCUT2D eigenvalue weighted by Crippen LogP contribution is 2.28. The van der Waals surface area contributed by atoms with Crippen LogP contribution in [0, 0.1) is 13.8 Å². The number of aryl methyl sites for hydroxylation is 2. The van der Waals surface area contributed by atoms with E-state index in [-0.39, 0.29) is 0 Å². The molecule has 0 aliphatic rings. The first-order valence-electron chi connectivity index (χ1n) is 10.8. The fourth-order valence-corrected chi connectivity index (χ4v) is 3.16. The van der Waals surface area contributed by atoms with Crippen LogP contribution in [0.2, 0.25) is 0 Å². The van der Waals surface area contributed by atoms with Crippen molar-refractivity contribution in [1.29, 1.82) is 0 Å². The standard InChI is InChI=1S/C26H35NO4/c1-6-7-15-30-25-17-20(2)26(21(3)18-25)31-16-9-8-14-29-19-23-10-12-24(13-11-23)22(4)27-28-5/h6-7,10-13,17-18H,8-9,14-16,19H2,1-5H3/b7-6+,27-22?. The Morgan fingerprint density at radius 2 is 1.65 bits per heavy atom. The molecule has 31 heavy (non-hydrogen) atoms. The summed E-state index contributed by atoms with van der Waals surface area (Å²) in [5.41, 5.74) is 5.25. The third kappa shape index (κ3) is 8.46. The highest BCUT2D eigenvalue weighted by atomic mass is 16.6. The van der Waals surface area contributed by atoms with Crippen molar-refractivity contribution in [3.63, 3.8) is 0 Å². The van der Waals surface area contributed by atoms with E-state index in [0.29, 0.717) is 26.4 Å². The predicted octanol–water partition coefficient (Wildman–Crippen LogP) is 6.00. The van der Waals surface area contributed by atoms with Crippen molar-refractivity contribution >= 4 is 5.71 Å². The van der Waals surface area contributed by atoms with Gasteiger partial charge in [-0.25, -0.2) is 0 Å². The summed E-state index contributed by atoms with van der Waals surface area (Å²) in [6, 6.07) is 12.2. The van der Waals surface area contributed by atoms with E-state index in [1.807, 2.05) is 50.3 Å². The van der Waals surface area contributed by atoms with Crippen LogP contribution in [-0.2, 0) is 16.2 Å². The van der Waals surface area contributed by atoms with Crippen molar-refractivity contribution in [3.8, 4) is 11.5 Å². The Morgan fingerprint density at radius 3 is 2.29 bits per heavy atom. The zero-order valence-electron chi connectivity index (χ0n) is 19.4. The van der Waals surface area contributed by atoms with E-state index in [1.165, 1.54) is 0 Å². The van der Waals surface area contributed by atoms with Gasteiger partial charge in [0.1, 0.15) is 25.2 Å². The van der Waals surface area contributed by atoms with Gasteiger partial charge in [-0.3, -0.25) is 0 Å². The molecule has 0 atom stereocenters. The number of unbranched alkanes of at least 4 members (excludes halogenated alkanes) is 1. The van der Waals surface area contributed by atoms with Crippen molar-refractivity contribution in [2.45, 2.75) is 47.1 Å². The van der Waals surface area contributed by atoms with Gasteiger partial charge >= 0.3 is 0 Å². The van der Waals surface area contributed by atoms with Gasteiger partial charge in [0, 0.05) is 6.61 Å². The number of hydrogen-bond donors (Lipinski definition) is 0. The summed E-state index contributed by atoms with van der Waals surface area (Å²) in [6.45, 7) is 10.6. The minimum absolute atomic E-state index is 0.585. The number of oxime groups is 1. The molecule has 0 fully saturated rings. The molecule has 2 aromatic rings. The molecule has 2 rings (SSSR count). The maximum atomic E-state index is 6.02. The molecule has 5 nitrogen and oxygen atoms in total. The van der Waals surface area contributed by atoms with Gasteiger partial charge in [0.2, 0.25) is 0 Å². The van der Waals surface area contributed by atoms with Crippen LogP contribution in [0.5, 0.6) is 11.5 Å². The summed E-state index contributed by atoms with van der Waals surface area (Å²) in [7, 11) is 1.55. The second-order valence-electron chi connectivity index (χ2n) is 7.43. The third-order valence-corrected chi connectivity index (χ3v) is 4.81. The lowest BCUT2D eigenvalue weighted by molar-refractivity contribution is 0.113. The van der Waals surface area contributed by atoms with Crippen LogP contribution >= 0.6 is 0 Å². The average Bonchev–Trinajstić information content (AvgIpc) is 2.75. The van der Waals surface area contributed by atoms with E-state index >= 15 is 0 Å². The Bertz CT molecular complexity index is 833. The molecule has 168 valence electrons. The summed E-state index contributed by atoms with van der Waals surface area (Å²) < 4.78 is 17.5. The SMILES string of the molecule is C/C=C/COc1cc(C)c(OCCCCOCc2ccc(C(C)=NOC)cc2)c(C)c1. The number of benzene rings is 2. The molecule has 0 aliphatic carbocycles. The summed E-state index contributed by atoms with van der Waals surface area (Å²) in [4.78, 5) is 4.81. The zero-order chi connectivity index (χ0) is 22.5. The molecule has 0 aliphatic heterocycles. The second-order valence-corrected chi connectivity index (χ2v) is 7.43. The van der Waals surface area contributed by atoms with E-state index in [0.717, 1.165) is 52.3 Å². The van der Waals surface area contributed by atoms with Crippen LogP contribution in [0.4, 0.5) is 0 Å². The largest absolute Gasteiger partial charge is 0.493 e. The monoisotopic (exact) mass is 425 g/mol. The summed E-state index contributed by atoms with van der Waals surface area (Å²) in [5, 5.41) is 3.95. The van der Waals surface area contributed by atoms with Crippen molar-refractivity contribution in [1.82, 2.24) is 0 Å². The fraction of sp³-hybridized carbons (Fsp3) is 0.423. The molecule has 0 saturated heterocycles. The van der Waals surface area contributed by atoms with Crippen LogP contribution < -0.4 is 9.47 Å². The van der Waals surface area contributed by atoms with E-state index in [4.69, 9.17) is 19.0 Å². The normalized spacial score (nSPS) is 11.7. The van der Waals surface area contributed by atoms with Crippen molar-refractivity contribution in [2.75, 3.05) is 26.9 Å². The topological polar surface area (TPSA) is 49.3 Å². The molecule has 0 amide bonds. The summed E-state index contributed by atoms with van der Waals surface area (Å²) >= 11 is 0. The molecule has 0 unspecified atom stereocenters. The van der Waals surface area contributed by atoms with Gasteiger partial charge in [-0.15, -0.1) is 0 Å². The fourth-order valence-electron chi connectivity index (χ4n) is 3.16. The number of hydrogen-bond acceptors (Lipinski definition) is 5. The minimum Gasteiger partial charge on any atom is -0.493 e. The first kappa shape index (κ1) is 24.5. The van der Waals surface area contributed by atoms with Gasteiger partial charge in [-0.1, -0.05) is 41.6 Å². The average molecular weight is 426 g/mol. The number of ether oxygens (including phenoxy) is 3. The zero-order valence-corrected chi connectivity index (χ0v) is 19.4. The molecular weight excluding hydrogens is 390 g/mol. The Labute approximate surface area is 186 Å². The minimum atomic E-state index is 0.585. The van der Waals surface area contributed by atoms with Crippen LogP contribution in [0.25, 0.3) is 0 Å². The van der Waals surface area contributed by atoms with Crippen LogP contribution in [0.15, 0.2) is 53.7 Å². The third-order valence-electron chi connectivity index (χ3n) is 4.81. The van der Waals surface area contributed by atoms with Crippen LogP contribution in [0.1, 0.15) is 48.9 Å². The van der Waals surface area contributed by atoms with Gasteiger partial charge in [0.15, 0.2) is 0 Å². The van der Waals surface area contributed by atoms with E-state index in [2.05, 4.69) is 31.1 Å². The Balaban J connectivity index is 1.67. The molecule has 5 heteroatoms. The molecule has 0 aromatic heterocycles. The van der Waals surface area contributed by atoms with Crippen molar-refractivity contribution in [2.24, 2.45) is 5.16 Å². The lowest BCUT2D eigenvalue weighted by Gasteiger charge is -2.14. The predicted molar refractivity (Wildman–Crippen MR) is 126 cm³/mol. The van der Waals surface area contributed by atoms with E-state index < -0.39 is 0 Å². The Kier molecular flexibility index (Phi) is 10.7.